The maximum atomic E-state index is 11.2. The lowest BCUT2D eigenvalue weighted by molar-refractivity contribution is -0.138. The number of esters is 1. The van der Waals surface area contributed by atoms with Gasteiger partial charge in [-0.15, -0.1) is 0 Å². The van der Waals surface area contributed by atoms with Crippen LogP contribution in [-0.4, -0.2) is 12.7 Å². The highest BCUT2D eigenvalue weighted by Gasteiger charge is 2.03. The number of carbonyl (C=O) groups is 1. The van der Waals surface area contributed by atoms with Crippen molar-refractivity contribution in [2.45, 2.75) is 6.92 Å². The van der Waals surface area contributed by atoms with E-state index >= 15 is 0 Å². The maximum Gasteiger partial charge on any atom is 0.335 e. The molecule has 74 valence electrons. The molecule has 0 fully saturated rings. The van der Waals surface area contributed by atoms with Gasteiger partial charge in [0.05, 0.1) is 0 Å². The molecule has 0 atom stereocenters. The van der Waals surface area contributed by atoms with E-state index in [1.807, 2.05) is 30.3 Å². The molecule has 1 aromatic rings. The average molecular weight is 191 g/mol. The molecule has 0 aliphatic carbocycles. The van der Waals surface area contributed by atoms with Crippen LogP contribution in [0.5, 0.6) is 0 Å². The minimum absolute atomic E-state index is 0.0845. The highest BCUT2D eigenvalue weighted by molar-refractivity contribution is 5.92. The molecule has 0 amide bonds. The van der Waals surface area contributed by atoms with E-state index in [9.17, 15) is 4.79 Å². The van der Waals surface area contributed by atoms with Gasteiger partial charge in [0.25, 0.3) is 0 Å². The first-order valence-electron chi connectivity index (χ1n) is 4.34. The van der Waals surface area contributed by atoms with Gasteiger partial charge in [0.1, 0.15) is 6.73 Å². The van der Waals surface area contributed by atoms with Crippen molar-refractivity contribution in [1.29, 1.82) is 0 Å². The van der Waals surface area contributed by atoms with Crippen molar-refractivity contribution < 1.29 is 9.53 Å². The zero-order valence-electron chi connectivity index (χ0n) is 8.07. The van der Waals surface area contributed by atoms with Crippen molar-refractivity contribution >= 4 is 12.0 Å². The molecule has 1 aromatic carbocycles. The zero-order valence-corrected chi connectivity index (χ0v) is 8.07. The lowest BCUT2D eigenvalue weighted by Gasteiger charge is -2.00. The Morgan fingerprint density at radius 3 is 2.64 bits per heavy atom. The van der Waals surface area contributed by atoms with E-state index in [4.69, 9.17) is 5.73 Å². The summed E-state index contributed by atoms with van der Waals surface area (Å²) < 4.78 is 4.65. The first kappa shape index (κ1) is 10.5. The molecule has 1 rings (SSSR count). The quantitative estimate of drug-likeness (QED) is 0.448. The molecule has 3 nitrogen and oxygen atoms in total. The number of benzene rings is 1. The number of rotatable bonds is 3. The SMILES string of the molecule is CC(=Cc1ccccc1)C(=O)OCN. The zero-order chi connectivity index (χ0) is 10.4. The second-order valence-electron chi connectivity index (χ2n) is 2.84. The molecule has 3 heteroatoms. The van der Waals surface area contributed by atoms with Gasteiger partial charge in [0, 0.05) is 5.57 Å². The Morgan fingerprint density at radius 1 is 1.43 bits per heavy atom. The van der Waals surface area contributed by atoms with Crippen molar-refractivity contribution in [2.24, 2.45) is 5.73 Å². The Labute approximate surface area is 83.2 Å². The molecule has 0 aromatic heterocycles. The lowest BCUT2D eigenvalue weighted by atomic mass is 10.1. The molecule has 0 saturated carbocycles. The summed E-state index contributed by atoms with van der Waals surface area (Å²) in [6.45, 7) is 1.61. The molecular weight excluding hydrogens is 178 g/mol. The van der Waals surface area contributed by atoms with Gasteiger partial charge in [-0.2, -0.15) is 0 Å². The van der Waals surface area contributed by atoms with Crippen molar-refractivity contribution in [3.05, 3.63) is 41.5 Å². The topological polar surface area (TPSA) is 52.3 Å². The molecule has 0 aliphatic rings. The predicted molar refractivity (Wildman–Crippen MR) is 55.2 cm³/mol. The van der Waals surface area contributed by atoms with Crippen LogP contribution in [0.1, 0.15) is 12.5 Å². The van der Waals surface area contributed by atoms with Crippen LogP contribution in [0.15, 0.2) is 35.9 Å². The summed E-state index contributed by atoms with van der Waals surface area (Å²) in [7, 11) is 0. The molecule has 0 heterocycles. The van der Waals surface area contributed by atoms with Crippen molar-refractivity contribution in [1.82, 2.24) is 0 Å². The Balaban J connectivity index is 2.74. The predicted octanol–water partition coefficient (Wildman–Crippen LogP) is 1.55. The number of nitrogens with two attached hydrogens (primary N) is 1. The second-order valence-corrected chi connectivity index (χ2v) is 2.84. The largest absolute Gasteiger partial charge is 0.447 e. The van der Waals surface area contributed by atoms with E-state index in [0.717, 1.165) is 5.56 Å². The molecule has 0 aliphatic heterocycles. The maximum absolute atomic E-state index is 11.2. The molecule has 2 N–H and O–H groups in total. The molecular formula is C11H13NO2. The first-order valence-corrected chi connectivity index (χ1v) is 4.34. The lowest BCUT2D eigenvalue weighted by Crippen LogP contribution is -2.12. The van der Waals surface area contributed by atoms with Crippen molar-refractivity contribution in [3.63, 3.8) is 0 Å². The normalized spacial score (nSPS) is 11.1. The summed E-state index contributed by atoms with van der Waals surface area (Å²) in [6.07, 6.45) is 1.76. The van der Waals surface area contributed by atoms with Crippen molar-refractivity contribution in [2.75, 3.05) is 6.73 Å². The van der Waals surface area contributed by atoms with E-state index in [0.29, 0.717) is 5.57 Å². The van der Waals surface area contributed by atoms with Gasteiger partial charge in [-0.05, 0) is 18.6 Å². The van der Waals surface area contributed by atoms with Crippen LogP contribution in [0, 0.1) is 0 Å². The van der Waals surface area contributed by atoms with Gasteiger partial charge < -0.3 is 4.74 Å². The average Bonchev–Trinajstić information content (AvgIpc) is 2.19. The van der Waals surface area contributed by atoms with Gasteiger partial charge in [-0.25, -0.2) is 4.79 Å². The van der Waals surface area contributed by atoms with Crippen LogP contribution in [0.4, 0.5) is 0 Å². The minimum atomic E-state index is -0.378. The van der Waals surface area contributed by atoms with Gasteiger partial charge in [-0.1, -0.05) is 30.3 Å². The standard InChI is InChI=1S/C11H13NO2/c1-9(11(13)14-8-12)7-10-5-3-2-4-6-10/h2-7H,8,12H2,1H3. The summed E-state index contributed by atoms with van der Waals surface area (Å²) >= 11 is 0. The minimum Gasteiger partial charge on any atom is -0.447 e. The monoisotopic (exact) mass is 191 g/mol. The fraction of sp³-hybridized carbons (Fsp3) is 0.182. The van der Waals surface area contributed by atoms with Crippen LogP contribution in [0.2, 0.25) is 0 Å². The smallest absolute Gasteiger partial charge is 0.335 e. The number of hydrogen-bond donors (Lipinski definition) is 1. The molecule has 0 radical (unpaired) electrons. The Hall–Kier alpha value is -1.61. The number of ether oxygens (including phenoxy) is 1. The van der Waals surface area contributed by atoms with Gasteiger partial charge >= 0.3 is 5.97 Å². The van der Waals surface area contributed by atoms with E-state index in [1.165, 1.54) is 0 Å². The molecule has 0 saturated heterocycles. The van der Waals surface area contributed by atoms with E-state index in [-0.39, 0.29) is 12.7 Å². The van der Waals surface area contributed by atoms with Gasteiger partial charge in [-0.3, -0.25) is 5.73 Å². The summed E-state index contributed by atoms with van der Waals surface area (Å²) in [6, 6.07) is 9.57. The Kier molecular flexibility index (Phi) is 3.88. The highest BCUT2D eigenvalue weighted by atomic mass is 16.5. The van der Waals surface area contributed by atoms with Crippen LogP contribution < -0.4 is 5.73 Å². The van der Waals surface area contributed by atoms with Crippen LogP contribution >= 0.6 is 0 Å². The summed E-state index contributed by atoms with van der Waals surface area (Å²) in [4.78, 5) is 11.2. The summed E-state index contributed by atoms with van der Waals surface area (Å²) in [5, 5.41) is 0. The van der Waals surface area contributed by atoms with Crippen LogP contribution in [0.25, 0.3) is 6.08 Å². The third-order valence-electron chi connectivity index (χ3n) is 1.72. The van der Waals surface area contributed by atoms with Gasteiger partial charge in [0.2, 0.25) is 0 Å². The van der Waals surface area contributed by atoms with E-state index < -0.39 is 0 Å². The third-order valence-corrected chi connectivity index (χ3v) is 1.72. The van der Waals surface area contributed by atoms with Crippen LogP contribution in [0.3, 0.4) is 0 Å². The van der Waals surface area contributed by atoms with E-state index in [2.05, 4.69) is 4.74 Å². The van der Waals surface area contributed by atoms with Gasteiger partial charge in [0.15, 0.2) is 0 Å². The van der Waals surface area contributed by atoms with Crippen molar-refractivity contribution in [3.8, 4) is 0 Å². The Bertz CT molecular complexity index is 330. The van der Waals surface area contributed by atoms with E-state index in [1.54, 1.807) is 13.0 Å². The molecule has 0 spiro atoms. The second kappa shape index (κ2) is 5.19. The number of hydrogen-bond acceptors (Lipinski definition) is 3. The fourth-order valence-corrected chi connectivity index (χ4v) is 1.05. The third kappa shape index (κ3) is 3.03. The van der Waals surface area contributed by atoms with Crippen LogP contribution in [-0.2, 0) is 9.53 Å². The highest BCUT2D eigenvalue weighted by Crippen LogP contribution is 2.06. The number of carbonyl (C=O) groups excluding carboxylic acids is 1. The Morgan fingerprint density at radius 2 is 2.07 bits per heavy atom. The summed E-state index contributed by atoms with van der Waals surface area (Å²) in [5.74, 6) is -0.378. The summed E-state index contributed by atoms with van der Waals surface area (Å²) in [5.41, 5.74) is 6.60. The molecule has 0 bridgehead atoms. The first-order chi connectivity index (χ1) is 6.74. The fourth-order valence-electron chi connectivity index (χ4n) is 1.05. The molecule has 14 heavy (non-hydrogen) atoms. The molecule has 0 unspecified atom stereocenters.